The zero-order valence-corrected chi connectivity index (χ0v) is 15.6. The van der Waals surface area contributed by atoms with Crippen LogP contribution >= 0.6 is 0 Å². The molecule has 2 saturated heterocycles. The van der Waals surface area contributed by atoms with Crippen LogP contribution in [0.1, 0.15) is 6.42 Å². The van der Waals surface area contributed by atoms with Gasteiger partial charge >= 0.3 is 0 Å². The van der Waals surface area contributed by atoms with Crippen molar-refractivity contribution in [3.8, 4) is 11.9 Å². The molecule has 1 aromatic rings. The van der Waals surface area contributed by atoms with Crippen molar-refractivity contribution in [1.82, 2.24) is 9.21 Å². The molecule has 1 aromatic carbocycles. The van der Waals surface area contributed by atoms with E-state index in [1.54, 1.807) is 21.3 Å². The van der Waals surface area contributed by atoms with Crippen LogP contribution in [0.2, 0.25) is 0 Å². The summed E-state index contributed by atoms with van der Waals surface area (Å²) in [4.78, 5) is 15.3. The number of fused-ring (bicyclic) bond motifs is 1. The number of aliphatic hydroxyl groups is 1. The van der Waals surface area contributed by atoms with Gasteiger partial charge in [-0.2, -0.15) is 9.57 Å². The lowest BCUT2D eigenvalue weighted by Gasteiger charge is -2.30. The van der Waals surface area contributed by atoms with E-state index in [-0.39, 0.29) is 31.7 Å². The summed E-state index contributed by atoms with van der Waals surface area (Å²) in [6.07, 6.45) is 2.98. The minimum atomic E-state index is -1.34. The van der Waals surface area contributed by atoms with Crippen LogP contribution in [0.4, 0.5) is 11.4 Å². The van der Waals surface area contributed by atoms with Crippen molar-refractivity contribution in [3.05, 3.63) is 18.2 Å². The molecule has 10 heteroatoms. The van der Waals surface area contributed by atoms with Gasteiger partial charge in [0, 0.05) is 38.8 Å². The summed E-state index contributed by atoms with van der Waals surface area (Å²) in [6.45, 7) is 2.56. The SMILES string of the molecule is N#CN1CCC(N2CCN(c3ccc4c(c3)N(CCO)C(=O)CO4)S2=O)C1. The van der Waals surface area contributed by atoms with Crippen molar-refractivity contribution in [2.45, 2.75) is 12.5 Å². The van der Waals surface area contributed by atoms with E-state index in [9.17, 15) is 14.1 Å². The number of hydrogen-bond acceptors (Lipinski definition) is 6. The molecule has 0 aromatic heterocycles. The second-order valence-electron chi connectivity index (χ2n) is 6.67. The summed E-state index contributed by atoms with van der Waals surface area (Å²) in [5.41, 5.74) is 1.33. The summed E-state index contributed by atoms with van der Waals surface area (Å²) in [7, 11) is 0. The van der Waals surface area contributed by atoms with Crippen molar-refractivity contribution in [1.29, 1.82) is 5.26 Å². The van der Waals surface area contributed by atoms with Gasteiger partial charge in [0.05, 0.1) is 18.0 Å². The highest BCUT2D eigenvalue weighted by molar-refractivity contribution is 7.84. The molecule has 0 spiro atoms. The average Bonchev–Trinajstić information content (AvgIpc) is 3.30. The molecule has 2 unspecified atom stereocenters. The number of benzene rings is 1. The molecule has 0 aliphatic carbocycles. The topological polar surface area (TPSA) is 100 Å². The molecular weight excluding hydrogens is 370 g/mol. The summed E-state index contributed by atoms with van der Waals surface area (Å²) in [6, 6.07) is 5.50. The smallest absolute Gasteiger partial charge is 0.265 e. The Balaban J connectivity index is 1.55. The monoisotopic (exact) mass is 391 g/mol. The van der Waals surface area contributed by atoms with E-state index in [0.29, 0.717) is 37.6 Å². The molecule has 3 aliphatic heterocycles. The first-order valence-electron chi connectivity index (χ1n) is 8.91. The third-order valence-corrected chi connectivity index (χ3v) is 6.77. The normalized spacial score (nSPS) is 25.5. The van der Waals surface area contributed by atoms with Gasteiger partial charge in [-0.3, -0.25) is 9.10 Å². The number of nitrogens with zero attached hydrogens (tertiary/aromatic N) is 5. The molecule has 0 bridgehead atoms. The Morgan fingerprint density at radius 1 is 1.33 bits per heavy atom. The van der Waals surface area contributed by atoms with Crippen LogP contribution in [0.3, 0.4) is 0 Å². The Morgan fingerprint density at radius 2 is 2.19 bits per heavy atom. The number of aliphatic hydroxyl groups excluding tert-OH is 1. The largest absolute Gasteiger partial charge is 0.482 e. The molecule has 3 aliphatic rings. The number of ether oxygens (including phenoxy) is 1. The van der Waals surface area contributed by atoms with E-state index in [4.69, 9.17) is 10.00 Å². The van der Waals surface area contributed by atoms with Crippen molar-refractivity contribution in [2.24, 2.45) is 0 Å². The molecule has 144 valence electrons. The first-order chi connectivity index (χ1) is 13.1. The summed E-state index contributed by atoms with van der Waals surface area (Å²) in [5, 5.41) is 18.3. The number of nitriles is 1. The summed E-state index contributed by atoms with van der Waals surface area (Å²) < 4.78 is 22.2. The standard InChI is InChI=1S/C17H21N5O4S/c18-12-19-4-3-14(10-19)22-6-5-21(27(22)25)13-1-2-16-15(9-13)20(7-8-23)17(24)11-26-16/h1-2,9,14,23H,3-8,10-11H2. The third kappa shape index (κ3) is 3.22. The number of anilines is 2. The van der Waals surface area contributed by atoms with Crippen LogP contribution in [0.25, 0.3) is 0 Å². The van der Waals surface area contributed by atoms with E-state index >= 15 is 0 Å². The maximum atomic E-state index is 13.0. The van der Waals surface area contributed by atoms with Crippen molar-refractivity contribution < 1.29 is 18.8 Å². The van der Waals surface area contributed by atoms with Gasteiger partial charge in [0.1, 0.15) is 5.75 Å². The molecule has 4 rings (SSSR count). The molecule has 0 radical (unpaired) electrons. The van der Waals surface area contributed by atoms with Crippen LogP contribution in [0.15, 0.2) is 18.2 Å². The van der Waals surface area contributed by atoms with Gasteiger partial charge in [-0.15, -0.1) is 0 Å². The molecule has 27 heavy (non-hydrogen) atoms. The molecule has 3 heterocycles. The Labute approximate surface area is 160 Å². The number of carbonyl (C=O) groups excluding carboxylic acids is 1. The highest BCUT2D eigenvalue weighted by Crippen LogP contribution is 2.37. The van der Waals surface area contributed by atoms with Crippen LogP contribution in [0.5, 0.6) is 5.75 Å². The quantitative estimate of drug-likeness (QED) is 0.705. The van der Waals surface area contributed by atoms with E-state index in [1.807, 2.05) is 10.4 Å². The van der Waals surface area contributed by atoms with Crippen molar-refractivity contribution >= 4 is 28.5 Å². The zero-order valence-electron chi connectivity index (χ0n) is 14.8. The van der Waals surface area contributed by atoms with E-state index in [2.05, 4.69) is 6.19 Å². The number of β-amino-alcohol motifs (C(OH)–C–C–N with tert-alkyl or cyclic N) is 1. The maximum Gasteiger partial charge on any atom is 0.265 e. The van der Waals surface area contributed by atoms with Gasteiger partial charge in [0.2, 0.25) is 0 Å². The van der Waals surface area contributed by atoms with Gasteiger partial charge in [-0.05, 0) is 24.6 Å². The summed E-state index contributed by atoms with van der Waals surface area (Å²) >= 11 is -1.34. The Hall–Kier alpha value is -2.35. The molecule has 1 amide bonds. The molecule has 0 saturated carbocycles. The van der Waals surface area contributed by atoms with Crippen molar-refractivity contribution in [3.63, 3.8) is 0 Å². The lowest BCUT2D eigenvalue weighted by atomic mass is 10.2. The number of likely N-dealkylation sites (tertiary alicyclic amines) is 1. The van der Waals surface area contributed by atoms with Crippen LogP contribution in [-0.2, 0) is 16.0 Å². The van der Waals surface area contributed by atoms with Gasteiger partial charge in [-0.25, -0.2) is 4.21 Å². The minimum Gasteiger partial charge on any atom is -0.482 e. The van der Waals surface area contributed by atoms with Gasteiger partial charge in [0.25, 0.3) is 5.91 Å². The highest BCUT2D eigenvalue weighted by Gasteiger charge is 2.38. The van der Waals surface area contributed by atoms with Gasteiger partial charge < -0.3 is 19.6 Å². The lowest BCUT2D eigenvalue weighted by molar-refractivity contribution is -0.121. The molecule has 2 atom stereocenters. The molecule has 2 fully saturated rings. The lowest BCUT2D eigenvalue weighted by Crippen LogP contribution is -2.40. The number of carbonyl (C=O) groups is 1. The van der Waals surface area contributed by atoms with E-state index in [1.165, 1.54) is 4.90 Å². The van der Waals surface area contributed by atoms with Gasteiger partial charge in [-0.1, -0.05) is 0 Å². The number of rotatable bonds is 4. The summed E-state index contributed by atoms with van der Waals surface area (Å²) in [5.74, 6) is 0.370. The predicted octanol–water partition coefficient (Wildman–Crippen LogP) is -0.340. The average molecular weight is 391 g/mol. The number of hydrogen-bond donors (Lipinski definition) is 1. The highest BCUT2D eigenvalue weighted by atomic mass is 32.2. The minimum absolute atomic E-state index is 0.0488. The fourth-order valence-corrected chi connectivity index (χ4v) is 5.21. The van der Waals surface area contributed by atoms with Gasteiger partial charge in [0.15, 0.2) is 24.0 Å². The Kier molecular flexibility index (Phi) is 4.90. The fraction of sp³-hybridized carbons (Fsp3) is 0.529. The van der Waals surface area contributed by atoms with Crippen molar-refractivity contribution in [2.75, 3.05) is 55.1 Å². The van der Waals surface area contributed by atoms with Crippen LogP contribution in [0, 0.1) is 11.5 Å². The van der Waals surface area contributed by atoms with E-state index in [0.717, 1.165) is 12.1 Å². The third-order valence-electron chi connectivity index (χ3n) is 5.12. The van der Waals surface area contributed by atoms with Crippen LogP contribution < -0.4 is 13.9 Å². The van der Waals surface area contributed by atoms with E-state index < -0.39 is 11.2 Å². The number of amides is 1. The molecular formula is C17H21N5O4S. The fourth-order valence-electron chi connectivity index (χ4n) is 3.76. The molecule has 1 N–H and O–H groups in total. The zero-order chi connectivity index (χ0) is 19.0. The second kappa shape index (κ2) is 7.34. The Bertz CT molecular complexity index is 813. The predicted molar refractivity (Wildman–Crippen MR) is 99.2 cm³/mol. The maximum absolute atomic E-state index is 13.0. The first kappa shape index (κ1) is 18.0. The second-order valence-corrected chi connectivity index (χ2v) is 8.04. The molecule has 9 nitrogen and oxygen atoms in total. The first-order valence-corrected chi connectivity index (χ1v) is 9.97. The Morgan fingerprint density at radius 3 is 2.93 bits per heavy atom. The van der Waals surface area contributed by atoms with Crippen LogP contribution in [-0.4, -0.2) is 76.4 Å².